The van der Waals surface area contributed by atoms with E-state index >= 15 is 0 Å². The predicted octanol–water partition coefficient (Wildman–Crippen LogP) is 0.758. The van der Waals surface area contributed by atoms with Gasteiger partial charge in [-0.3, -0.25) is 4.79 Å². The van der Waals surface area contributed by atoms with Gasteiger partial charge in [-0.05, 0) is 19.2 Å². The molecule has 2 atom stereocenters. The van der Waals surface area contributed by atoms with Crippen LogP contribution < -0.4 is 10.1 Å². The van der Waals surface area contributed by atoms with E-state index in [1.807, 2.05) is 44.4 Å². The second-order valence-corrected chi connectivity index (χ2v) is 4.96. The van der Waals surface area contributed by atoms with Crippen LogP contribution in [0.5, 0.6) is 5.75 Å². The van der Waals surface area contributed by atoms with Crippen LogP contribution in [0.3, 0.4) is 0 Å². The molecule has 1 aliphatic heterocycles. The Hall–Kier alpha value is -1.59. The van der Waals surface area contributed by atoms with Crippen LogP contribution >= 0.6 is 0 Å². The SMILES string of the molecule is CNC1COCC1C(=O)N(C)CCOc1ccccc1. The summed E-state index contributed by atoms with van der Waals surface area (Å²) in [5.74, 6) is 0.839. The highest BCUT2D eigenvalue weighted by atomic mass is 16.5. The van der Waals surface area contributed by atoms with Crippen LogP contribution in [0.1, 0.15) is 0 Å². The lowest BCUT2D eigenvalue weighted by Gasteiger charge is -2.23. The summed E-state index contributed by atoms with van der Waals surface area (Å²) >= 11 is 0. The number of hydrogen-bond acceptors (Lipinski definition) is 4. The number of rotatable bonds is 6. The van der Waals surface area contributed by atoms with Gasteiger partial charge in [0.05, 0.1) is 25.7 Å². The number of nitrogens with zero attached hydrogens (tertiary/aromatic N) is 1. The van der Waals surface area contributed by atoms with Gasteiger partial charge >= 0.3 is 0 Å². The Bertz CT molecular complexity index is 424. The Morgan fingerprint density at radius 1 is 1.40 bits per heavy atom. The molecule has 1 saturated heterocycles. The molecule has 20 heavy (non-hydrogen) atoms. The number of carbonyl (C=O) groups excluding carboxylic acids is 1. The van der Waals surface area contributed by atoms with Crippen molar-refractivity contribution in [1.82, 2.24) is 10.2 Å². The van der Waals surface area contributed by atoms with Crippen LogP contribution in [0.15, 0.2) is 30.3 Å². The van der Waals surface area contributed by atoms with Crippen LogP contribution in [-0.2, 0) is 9.53 Å². The van der Waals surface area contributed by atoms with E-state index in [-0.39, 0.29) is 17.9 Å². The Kier molecular flexibility index (Phi) is 5.38. The summed E-state index contributed by atoms with van der Waals surface area (Å²) in [6.45, 7) is 2.15. The molecular formula is C15H22N2O3. The molecule has 1 amide bonds. The number of nitrogens with one attached hydrogen (secondary N) is 1. The molecule has 110 valence electrons. The van der Waals surface area contributed by atoms with E-state index in [1.165, 1.54) is 0 Å². The number of carbonyl (C=O) groups is 1. The minimum Gasteiger partial charge on any atom is -0.492 e. The average molecular weight is 278 g/mol. The molecule has 0 bridgehead atoms. The van der Waals surface area contributed by atoms with Gasteiger partial charge in [-0.2, -0.15) is 0 Å². The Balaban J connectivity index is 1.76. The van der Waals surface area contributed by atoms with Crippen LogP contribution in [0.2, 0.25) is 0 Å². The van der Waals surface area contributed by atoms with Gasteiger partial charge in [-0.1, -0.05) is 18.2 Å². The van der Waals surface area contributed by atoms with Gasteiger partial charge in [0.2, 0.25) is 5.91 Å². The molecule has 0 aromatic heterocycles. The minimum atomic E-state index is -0.0956. The van der Waals surface area contributed by atoms with Gasteiger partial charge in [0.15, 0.2) is 0 Å². The first kappa shape index (κ1) is 14.8. The molecule has 1 aliphatic rings. The number of likely N-dealkylation sites (N-methyl/N-ethyl adjacent to an activating group) is 2. The van der Waals surface area contributed by atoms with Crippen molar-refractivity contribution < 1.29 is 14.3 Å². The van der Waals surface area contributed by atoms with Crippen molar-refractivity contribution in [3.63, 3.8) is 0 Å². The molecule has 0 aliphatic carbocycles. The largest absolute Gasteiger partial charge is 0.492 e. The Morgan fingerprint density at radius 2 is 2.15 bits per heavy atom. The van der Waals surface area contributed by atoms with Crippen molar-refractivity contribution in [3.8, 4) is 5.75 Å². The fourth-order valence-electron chi connectivity index (χ4n) is 2.29. The second kappa shape index (κ2) is 7.26. The van der Waals surface area contributed by atoms with E-state index in [0.29, 0.717) is 26.4 Å². The molecule has 0 saturated carbocycles. The summed E-state index contributed by atoms with van der Waals surface area (Å²) in [4.78, 5) is 14.0. The van der Waals surface area contributed by atoms with E-state index in [4.69, 9.17) is 9.47 Å². The fraction of sp³-hybridized carbons (Fsp3) is 0.533. The zero-order valence-corrected chi connectivity index (χ0v) is 12.0. The first-order valence-electron chi connectivity index (χ1n) is 6.90. The topological polar surface area (TPSA) is 50.8 Å². The van der Waals surface area contributed by atoms with Crippen molar-refractivity contribution in [1.29, 1.82) is 0 Å². The molecule has 5 nitrogen and oxygen atoms in total. The minimum absolute atomic E-state index is 0.0956. The zero-order chi connectivity index (χ0) is 14.4. The molecule has 5 heteroatoms. The summed E-state index contributed by atoms with van der Waals surface area (Å²) < 4.78 is 11.0. The van der Waals surface area contributed by atoms with Crippen LogP contribution in [0.25, 0.3) is 0 Å². The van der Waals surface area contributed by atoms with Gasteiger partial charge in [0, 0.05) is 13.1 Å². The van der Waals surface area contributed by atoms with Crippen LogP contribution in [0, 0.1) is 5.92 Å². The molecule has 1 aromatic carbocycles. The van der Waals surface area contributed by atoms with Gasteiger partial charge < -0.3 is 19.7 Å². The van der Waals surface area contributed by atoms with E-state index < -0.39 is 0 Å². The second-order valence-electron chi connectivity index (χ2n) is 4.96. The van der Waals surface area contributed by atoms with Crippen molar-refractivity contribution >= 4 is 5.91 Å². The third-order valence-corrected chi connectivity index (χ3v) is 3.58. The van der Waals surface area contributed by atoms with Crippen molar-refractivity contribution in [2.24, 2.45) is 5.92 Å². The first-order chi connectivity index (χ1) is 9.72. The van der Waals surface area contributed by atoms with Crippen LogP contribution in [0.4, 0.5) is 0 Å². The molecule has 1 fully saturated rings. The van der Waals surface area contributed by atoms with Gasteiger partial charge in [-0.25, -0.2) is 0 Å². The summed E-state index contributed by atoms with van der Waals surface area (Å²) in [5, 5.41) is 3.13. The molecule has 2 unspecified atom stereocenters. The normalized spacial score (nSPS) is 21.7. The summed E-state index contributed by atoms with van der Waals surface area (Å²) in [7, 11) is 3.67. The van der Waals surface area contributed by atoms with Gasteiger partial charge in [0.1, 0.15) is 12.4 Å². The Morgan fingerprint density at radius 3 is 2.85 bits per heavy atom. The smallest absolute Gasteiger partial charge is 0.229 e. The molecular weight excluding hydrogens is 256 g/mol. The van der Waals surface area contributed by atoms with Crippen molar-refractivity contribution in [2.45, 2.75) is 6.04 Å². The van der Waals surface area contributed by atoms with Crippen LogP contribution in [-0.4, -0.2) is 57.3 Å². The maximum atomic E-state index is 12.3. The van der Waals surface area contributed by atoms with E-state index in [9.17, 15) is 4.79 Å². The van der Waals surface area contributed by atoms with Gasteiger partial charge in [-0.15, -0.1) is 0 Å². The molecule has 2 rings (SSSR count). The monoisotopic (exact) mass is 278 g/mol. The number of para-hydroxylation sites is 1. The molecule has 0 spiro atoms. The number of benzene rings is 1. The highest BCUT2D eigenvalue weighted by Crippen LogP contribution is 2.16. The molecule has 1 heterocycles. The maximum absolute atomic E-state index is 12.3. The van der Waals surface area contributed by atoms with E-state index in [0.717, 1.165) is 5.75 Å². The lowest BCUT2D eigenvalue weighted by atomic mass is 10.0. The number of ether oxygens (including phenoxy) is 2. The highest BCUT2D eigenvalue weighted by Gasteiger charge is 2.34. The summed E-state index contributed by atoms with van der Waals surface area (Å²) in [6, 6.07) is 9.73. The molecule has 1 aromatic rings. The number of amides is 1. The Labute approximate surface area is 119 Å². The predicted molar refractivity (Wildman–Crippen MR) is 76.7 cm³/mol. The molecule has 0 radical (unpaired) electrons. The quantitative estimate of drug-likeness (QED) is 0.834. The summed E-state index contributed by atoms with van der Waals surface area (Å²) in [5.41, 5.74) is 0. The van der Waals surface area contributed by atoms with E-state index in [2.05, 4.69) is 5.32 Å². The highest BCUT2D eigenvalue weighted by molar-refractivity contribution is 5.79. The standard InChI is InChI=1S/C15H22N2O3/c1-16-14-11-19-10-13(14)15(18)17(2)8-9-20-12-6-4-3-5-7-12/h3-7,13-14,16H,8-11H2,1-2H3. The average Bonchev–Trinajstić information content (AvgIpc) is 2.96. The third-order valence-electron chi connectivity index (χ3n) is 3.58. The lowest BCUT2D eigenvalue weighted by molar-refractivity contribution is -0.134. The maximum Gasteiger partial charge on any atom is 0.229 e. The zero-order valence-electron chi connectivity index (χ0n) is 12.0. The van der Waals surface area contributed by atoms with Crippen molar-refractivity contribution in [3.05, 3.63) is 30.3 Å². The van der Waals surface area contributed by atoms with Gasteiger partial charge in [0.25, 0.3) is 0 Å². The lowest BCUT2D eigenvalue weighted by Crippen LogP contribution is -2.44. The fourth-order valence-corrected chi connectivity index (χ4v) is 2.29. The molecule has 1 N–H and O–H groups in total. The van der Waals surface area contributed by atoms with Crippen molar-refractivity contribution in [2.75, 3.05) is 40.5 Å². The van der Waals surface area contributed by atoms with E-state index in [1.54, 1.807) is 4.90 Å². The third kappa shape index (κ3) is 3.71. The number of hydrogen-bond donors (Lipinski definition) is 1. The first-order valence-corrected chi connectivity index (χ1v) is 6.90. The summed E-state index contributed by atoms with van der Waals surface area (Å²) in [6.07, 6.45) is 0.